The topological polar surface area (TPSA) is 122 Å². The summed E-state index contributed by atoms with van der Waals surface area (Å²) in [4.78, 5) is 33.7. The van der Waals surface area contributed by atoms with Gasteiger partial charge in [-0.05, 0) is 74.9 Å². The van der Waals surface area contributed by atoms with Crippen molar-refractivity contribution in [1.29, 1.82) is 0 Å². The average Bonchev–Trinajstić information content (AvgIpc) is 3.41. The van der Waals surface area contributed by atoms with Crippen LogP contribution < -0.4 is 10.9 Å². The molecule has 0 saturated carbocycles. The zero-order valence-electron chi connectivity index (χ0n) is 20.4. The highest BCUT2D eigenvalue weighted by atomic mass is 35.5. The number of benzene rings is 2. The molecule has 2 N–H and O–H groups in total. The van der Waals surface area contributed by atoms with Gasteiger partial charge < -0.3 is 10.2 Å². The highest BCUT2D eigenvalue weighted by Crippen LogP contribution is 2.28. The third kappa shape index (κ3) is 4.82. The molecule has 37 heavy (non-hydrogen) atoms. The normalized spacial score (nSPS) is 15.1. The van der Waals surface area contributed by atoms with Crippen LogP contribution in [0.25, 0.3) is 17.1 Å². The lowest BCUT2D eigenvalue weighted by atomic mass is 9.98. The molecule has 0 fully saturated rings. The van der Waals surface area contributed by atoms with Crippen LogP contribution in [0.1, 0.15) is 42.4 Å². The van der Waals surface area contributed by atoms with Crippen LogP contribution in [0.3, 0.4) is 0 Å². The maximum atomic E-state index is 13.8. The van der Waals surface area contributed by atoms with E-state index < -0.39 is 0 Å². The number of aromatic nitrogens is 6. The van der Waals surface area contributed by atoms with Gasteiger partial charge in [0, 0.05) is 28.8 Å². The van der Waals surface area contributed by atoms with Gasteiger partial charge in [0.2, 0.25) is 11.8 Å². The Bertz CT molecular complexity index is 1520. The van der Waals surface area contributed by atoms with Crippen molar-refractivity contribution in [1.82, 2.24) is 35.1 Å². The van der Waals surface area contributed by atoms with Crippen LogP contribution in [0.5, 0.6) is 0 Å². The molecule has 0 spiro atoms. The number of aromatic amines is 1. The summed E-state index contributed by atoms with van der Waals surface area (Å²) in [6, 6.07) is 11.9. The van der Waals surface area contributed by atoms with Gasteiger partial charge in [0.15, 0.2) is 0 Å². The minimum Gasteiger partial charge on any atom is -0.353 e. The van der Waals surface area contributed by atoms with Crippen LogP contribution in [-0.4, -0.2) is 53.1 Å². The fourth-order valence-electron chi connectivity index (χ4n) is 4.36. The summed E-state index contributed by atoms with van der Waals surface area (Å²) in [5, 5.41) is 18.0. The first-order valence-electron chi connectivity index (χ1n) is 11.7. The molecule has 1 atom stereocenters. The number of fused-ring (bicyclic) bond motifs is 1. The van der Waals surface area contributed by atoms with Gasteiger partial charge in [-0.2, -0.15) is 5.21 Å². The van der Waals surface area contributed by atoms with Crippen molar-refractivity contribution in [2.75, 3.05) is 5.32 Å². The lowest BCUT2D eigenvalue weighted by Gasteiger charge is -2.34. The second-order valence-corrected chi connectivity index (χ2v) is 10.0. The molecule has 1 amide bonds. The van der Waals surface area contributed by atoms with Crippen LogP contribution in [0.4, 0.5) is 5.95 Å². The molecule has 0 unspecified atom stereocenters. The fourth-order valence-corrected chi connectivity index (χ4v) is 4.66. The maximum absolute atomic E-state index is 13.8. The molecule has 190 valence electrons. The van der Waals surface area contributed by atoms with Crippen molar-refractivity contribution in [3.05, 3.63) is 79.7 Å². The summed E-state index contributed by atoms with van der Waals surface area (Å²) in [5.74, 6) is 0.671. The Morgan fingerprint density at radius 1 is 1.14 bits per heavy atom. The molecule has 3 heterocycles. The van der Waals surface area contributed by atoms with Gasteiger partial charge in [-0.25, -0.2) is 9.55 Å². The van der Waals surface area contributed by atoms with Gasteiger partial charge in [0.25, 0.3) is 11.5 Å². The monoisotopic (exact) mass is 538 g/mol. The third-order valence-electron chi connectivity index (χ3n) is 6.19. The predicted molar refractivity (Wildman–Crippen MR) is 141 cm³/mol. The standard InChI is InChI=1S/C25H24Cl2N8O2/c1-13(2)28-25-29-21-12-34(23(36)16-6-9-19(26)20(27)11-16)14(3)10-18(21)24(37)35(25)17-7-4-15(5-8-17)22-30-32-33-31-22/h4-9,11,13-14H,10,12H2,1-3H3,(H,28,29)(H,30,31,32,33)/t14-/m1/s1. The van der Waals surface area contributed by atoms with Crippen LogP contribution in [0, 0.1) is 0 Å². The number of tetrazole rings is 1. The van der Waals surface area contributed by atoms with Gasteiger partial charge in [-0.1, -0.05) is 23.2 Å². The first-order chi connectivity index (χ1) is 17.7. The average molecular weight is 539 g/mol. The van der Waals surface area contributed by atoms with Crippen molar-refractivity contribution < 1.29 is 4.79 Å². The molecule has 0 saturated heterocycles. The molecule has 4 aromatic rings. The minimum atomic E-state index is -0.220. The number of nitrogens with zero attached hydrogens (tertiary/aromatic N) is 6. The van der Waals surface area contributed by atoms with Crippen molar-refractivity contribution in [2.24, 2.45) is 0 Å². The van der Waals surface area contributed by atoms with E-state index in [0.717, 1.165) is 5.56 Å². The van der Waals surface area contributed by atoms with E-state index in [2.05, 4.69) is 25.9 Å². The van der Waals surface area contributed by atoms with Crippen molar-refractivity contribution in [3.8, 4) is 17.1 Å². The Morgan fingerprint density at radius 3 is 2.54 bits per heavy atom. The third-order valence-corrected chi connectivity index (χ3v) is 6.93. The Morgan fingerprint density at radius 2 is 1.89 bits per heavy atom. The largest absolute Gasteiger partial charge is 0.353 e. The number of hydrogen-bond acceptors (Lipinski definition) is 7. The molecule has 5 rings (SSSR count). The van der Waals surface area contributed by atoms with Gasteiger partial charge in [0.1, 0.15) is 0 Å². The Hall–Kier alpha value is -3.76. The summed E-state index contributed by atoms with van der Waals surface area (Å²) in [5.41, 5.74) is 2.83. The maximum Gasteiger partial charge on any atom is 0.263 e. The summed E-state index contributed by atoms with van der Waals surface area (Å²) < 4.78 is 1.57. The summed E-state index contributed by atoms with van der Waals surface area (Å²) in [7, 11) is 0. The summed E-state index contributed by atoms with van der Waals surface area (Å²) >= 11 is 12.2. The molecule has 1 aliphatic rings. The van der Waals surface area contributed by atoms with Crippen molar-refractivity contribution in [3.63, 3.8) is 0 Å². The van der Waals surface area contributed by atoms with Crippen LogP contribution in [0.2, 0.25) is 10.0 Å². The Balaban J connectivity index is 1.54. The molecule has 1 aliphatic heterocycles. The smallest absolute Gasteiger partial charge is 0.263 e. The number of amides is 1. The molecule has 10 nitrogen and oxygen atoms in total. The first kappa shape index (κ1) is 24.9. The van der Waals surface area contributed by atoms with Crippen molar-refractivity contribution >= 4 is 35.1 Å². The lowest BCUT2D eigenvalue weighted by molar-refractivity contribution is 0.0653. The highest BCUT2D eigenvalue weighted by molar-refractivity contribution is 6.42. The van der Waals surface area contributed by atoms with Gasteiger partial charge in [-0.15, -0.1) is 10.2 Å². The second-order valence-electron chi connectivity index (χ2n) is 9.20. The molecular formula is C25H24Cl2N8O2. The highest BCUT2D eigenvalue weighted by Gasteiger charge is 2.32. The van der Waals surface area contributed by atoms with E-state index in [1.807, 2.05) is 45.0 Å². The van der Waals surface area contributed by atoms with E-state index in [-0.39, 0.29) is 30.1 Å². The molecular weight excluding hydrogens is 515 g/mol. The van der Waals surface area contributed by atoms with Gasteiger partial charge in [0.05, 0.1) is 28.0 Å². The van der Waals surface area contributed by atoms with Crippen molar-refractivity contribution in [2.45, 2.75) is 45.8 Å². The number of H-pyrrole nitrogens is 1. The number of carbonyl (C=O) groups is 1. The number of carbonyl (C=O) groups excluding carboxylic acids is 1. The lowest BCUT2D eigenvalue weighted by Crippen LogP contribution is -2.46. The van der Waals surface area contributed by atoms with E-state index in [1.165, 1.54) is 0 Å². The number of hydrogen-bond donors (Lipinski definition) is 2. The quantitative estimate of drug-likeness (QED) is 0.391. The van der Waals surface area contributed by atoms with E-state index in [9.17, 15) is 9.59 Å². The van der Waals surface area contributed by atoms with Crippen LogP contribution in [-0.2, 0) is 13.0 Å². The minimum absolute atomic E-state index is 0.0197. The Labute approximate surface area is 222 Å². The molecule has 2 aromatic heterocycles. The predicted octanol–water partition coefficient (Wildman–Crippen LogP) is 4.13. The molecule has 0 bridgehead atoms. The molecule has 2 aromatic carbocycles. The number of anilines is 1. The van der Waals surface area contributed by atoms with Crippen LogP contribution in [0.15, 0.2) is 47.3 Å². The van der Waals surface area contributed by atoms with Gasteiger partial charge >= 0.3 is 0 Å². The second kappa shape index (κ2) is 9.95. The summed E-state index contributed by atoms with van der Waals surface area (Å²) in [6.45, 7) is 6.06. The molecule has 12 heteroatoms. The van der Waals surface area contributed by atoms with E-state index in [0.29, 0.717) is 50.7 Å². The number of halogens is 2. The summed E-state index contributed by atoms with van der Waals surface area (Å²) in [6.07, 6.45) is 0.372. The Kier molecular flexibility index (Phi) is 6.70. The van der Waals surface area contributed by atoms with E-state index in [1.54, 1.807) is 27.7 Å². The van der Waals surface area contributed by atoms with E-state index in [4.69, 9.17) is 28.2 Å². The SMILES string of the molecule is CC(C)Nc1nc2c(c(=O)n1-c1ccc(-c3nn[nH]n3)cc1)C[C@@H](C)N(C(=O)c1ccc(Cl)c(Cl)c1)C2. The fraction of sp³-hybridized carbons (Fsp3) is 0.280. The molecule has 0 radical (unpaired) electrons. The number of rotatable bonds is 5. The first-order valence-corrected chi connectivity index (χ1v) is 12.5. The van der Waals surface area contributed by atoms with E-state index >= 15 is 0 Å². The zero-order valence-corrected chi connectivity index (χ0v) is 21.9. The zero-order chi connectivity index (χ0) is 26.3. The van der Waals surface area contributed by atoms with Crippen LogP contribution >= 0.6 is 23.2 Å². The van der Waals surface area contributed by atoms with Gasteiger partial charge in [-0.3, -0.25) is 9.59 Å². The number of nitrogens with one attached hydrogen (secondary N) is 2. The molecule has 0 aliphatic carbocycles.